The monoisotopic (exact) mass is 438 g/mol. The highest BCUT2D eigenvalue weighted by Gasteiger charge is 2.33. The van der Waals surface area contributed by atoms with E-state index in [2.05, 4.69) is 12.1 Å². The predicted molar refractivity (Wildman–Crippen MR) is 130 cm³/mol. The molecule has 0 N–H and O–H groups in total. The summed E-state index contributed by atoms with van der Waals surface area (Å²) in [4.78, 5) is 19.9. The molecule has 1 amide bonds. The molecule has 5 rings (SSSR count). The van der Waals surface area contributed by atoms with E-state index in [0.29, 0.717) is 33.6 Å². The van der Waals surface area contributed by atoms with Gasteiger partial charge in [-0.1, -0.05) is 66.2 Å². The number of aliphatic imine (C=N–C) groups is 1. The van der Waals surface area contributed by atoms with Crippen LogP contribution in [0.5, 0.6) is 5.75 Å². The summed E-state index contributed by atoms with van der Waals surface area (Å²) in [6.07, 6.45) is 1.84. The van der Waals surface area contributed by atoms with Gasteiger partial charge in [-0.3, -0.25) is 9.69 Å². The lowest BCUT2D eigenvalue weighted by Gasteiger charge is -2.19. The van der Waals surface area contributed by atoms with Gasteiger partial charge in [0.1, 0.15) is 17.3 Å². The molecule has 5 heteroatoms. The number of amidine groups is 1. The lowest BCUT2D eigenvalue weighted by molar-refractivity contribution is -0.113. The largest absolute Gasteiger partial charge is 0.497 e. The van der Waals surface area contributed by atoms with E-state index < -0.39 is 0 Å². The molecule has 0 aliphatic carbocycles. The van der Waals surface area contributed by atoms with Crippen LogP contribution in [0.4, 0.5) is 5.69 Å². The van der Waals surface area contributed by atoms with Crippen LogP contribution in [0.25, 0.3) is 16.8 Å². The van der Waals surface area contributed by atoms with Gasteiger partial charge in [0.2, 0.25) is 0 Å². The van der Waals surface area contributed by atoms with E-state index in [4.69, 9.17) is 21.3 Å². The summed E-state index contributed by atoms with van der Waals surface area (Å²) in [6.45, 7) is 0. The number of anilines is 1. The molecule has 1 heterocycles. The van der Waals surface area contributed by atoms with E-state index in [1.54, 1.807) is 18.1 Å². The first-order valence-electron chi connectivity index (χ1n) is 10.2. The zero-order valence-corrected chi connectivity index (χ0v) is 18.1. The van der Waals surface area contributed by atoms with E-state index in [1.807, 2.05) is 78.9 Å². The zero-order valence-electron chi connectivity index (χ0n) is 17.3. The summed E-state index contributed by atoms with van der Waals surface area (Å²) < 4.78 is 5.26. The number of rotatable bonds is 4. The van der Waals surface area contributed by atoms with E-state index in [-0.39, 0.29) is 5.91 Å². The lowest BCUT2D eigenvalue weighted by Crippen LogP contribution is -2.32. The van der Waals surface area contributed by atoms with Gasteiger partial charge in [-0.2, -0.15) is 0 Å². The van der Waals surface area contributed by atoms with Crippen LogP contribution >= 0.6 is 11.6 Å². The molecule has 32 heavy (non-hydrogen) atoms. The van der Waals surface area contributed by atoms with Crippen molar-refractivity contribution in [1.29, 1.82) is 0 Å². The molecule has 0 spiro atoms. The maximum Gasteiger partial charge on any atom is 0.282 e. The number of benzene rings is 4. The molecule has 1 aliphatic rings. The van der Waals surface area contributed by atoms with Crippen LogP contribution in [0.3, 0.4) is 0 Å². The van der Waals surface area contributed by atoms with Crippen LogP contribution in [0.2, 0.25) is 5.02 Å². The van der Waals surface area contributed by atoms with Crippen molar-refractivity contribution >= 4 is 45.9 Å². The molecule has 0 unspecified atom stereocenters. The number of amides is 1. The zero-order chi connectivity index (χ0) is 22.1. The first-order valence-corrected chi connectivity index (χ1v) is 10.5. The SMILES string of the molecule is COc1ccc(N2C(=O)/C(=C\c3cccc4ccccc34)N=C2c2ccccc2Cl)cc1. The molecule has 4 nitrogen and oxygen atoms in total. The molecule has 0 saturated heterocycles. The highest BCUT2D eigenvalue weighted by atomic mass is 35.5. The smallest absolute Gasteiger partial charge is 0.282 e. The van der Waals surface area contributed by atoms with Gasteiger partial charge < -0.3 is 4.74 Å². The Labute approximate surface area is 191 Å². The molecular weight excluding hydrogens is 420 g/mol. The van der Waals surface area contributed by atoms with Crippen molar-refractivity contribution in [2.45, 2.75) is 0 Å². The van der Waals surface area contributed by atoms with Gasteiger partial charge >= 0.3 is 0 Å². The number of fused-ring (bicyclic) bond motifs is 1. The van der Waals surface area contributed by atoms with Crippen molar-refractivity contribution in [2.24, 2.45) is 4.99 Å². The minimum Gasteiger partial charge on any atom is -0.497 e. The molecule has 0 bridgehead atoms. The fourth-order valence-corrected chi connectivity index (χ4v) is 4.05. The molecule has 1 aliphatic heterocycles. The molecular formula is C27H19ClN2O2. The number of nitrogens with zero attached hydrogens (tertiary/aromatic N) is 2. The molecule has 0 radical (unpaired) electrons. The van der Waals surface area contributed by atoms with Crippen molar-refractivity contribution in [3.63, 3.8) is 0 Å². The first-order chi connectivity index (χ1) is 15.7. The van der Waals surface area contributed by atoms with Crippen molar-refractivity contribution < 1.29 is 9.53 Å². The average molecular weight is 439 g/mol. The van der Waals surface area contributed by atoms with E-state index in [1.165, 1.54) is 0 Å². The van der Waals surface area contributed by atoms with Gasteiger partial charge in [0, 0.05) is 5.56 Å². The third-order valence-electron chi connectivity index (χ3n) is 5.42. The Balaban J connectivity index is 1.66. The number of hydrogen-bond acceptors (Lipinski definition) is 3. The Kier molecular flexibility index (Phi) is 5.21. The molecule has 156 valence electrons. The Morgan fingerprint density at radius 3 is 2.38 bits per heavy atom. The van der Waals surface area contributed by atoms with E-state index in [9.17, 15) is 4.79 Å². The fourth-order valence-electron chi connectivity index (χ4n) is 3.83. The summed E-state index contributed by atoms with van der Waals surface area (Å²) in [6, 6.07) is 28.8. The van der Waals surface area contributed by atoms with Crippen molar-refractivity contribution in [1.82, 2.24) is 0 Å². The van der Waals surface area contributed by atoms with Crippen LogP contribution in [-0.2, 0) is 4.79 Å². The predicted octanol–water partition coefficient (Wildman–Crippen LogP) is 6.34. The Morgan fingerprint density at radius 1 is 0.875 bits per heavy atom. The number of carbonyl (C=O) groups is 1. The van der Waals surface area contributed by atoms with Crippen LogP contribution in [0.15, 0.2) is 102 Å². The molecule has 0 atom stereocenters. The summed E-state index contributed by atoms with van der Waals surface area (Å²) in [5, 5.41) is 2.70. The second kappa shape index (κ2) is 8.33. The Bertz CT molecular complexity index is 1390. The summed E-state index contributed by atoms with van der Waals surface area (Å²) in [7, 11) is 1.61. The molecule has 0 saturated carbocycles. The standard InChI is InChI=1S/C27H19ClN2O2/c1-32-21-15-13-20(14-16-21)30-26(23-11-4-5-12-24(23)28)29-25(27(30)31)17-19-9-6-8-18-7-2-3-10-22(18)19/h2-17H,1H3/b25-17+. The normalized spacial score (nSPS) is 14.8. The van der Waals surface area contributed by atoms with Gasteiger partial charge in [0.25, 0.3) is 5.91 Å². The number of ether oxygens (including phenoxy) is 1. The van der Waals surface area contributed by atoms with Crippen LogP contribution in [0.1, 0.15) is 11.1 Å². The average Bonchev–Trinajstić information content (AvgIpc) is 3.15. The highest BCUT2D eigenvalue weighted by Crippen LogP contribution is 2.32. The molecule has 0 fully saturated rings. The topological polar surface area (TPSA) is 41.9 Å². The van der Waals surface area contributed by atoms with Gasteiger partial charge in [-0.15, -0.1) is 0 Å². The van der Waals surface area contributed by atoms with Gasteiger partial charge in [-0.25, -0.2) is 4.99 Å². The Morgan fingerprint density at radius 2 is 1.59 bits per heavy atom. The van der Waals surface area contributed by atoms with Crippen molar-refractivity contribution in [3.05, 3.63) is 113 Å². The number of methoxy groups -OCH3 is 1. The summed E-state index contributed by atoms with van der Waals surface area (Å²) in [5.74, 6) is 0.999. The highest BCUT2D eigenvalue weighted by molar-refractivity contribution is 6.39. The third-order valence-corrected chi connectivity index (χ3v) is 5.75. The van der Waals surface area contributed by atoms with Crippen LogP contribution in [0, 0.1) is 0 Å². The maximum absolute atomic E-state index is 13.6. The lowest BCUT2D eigenvalue weighted by atomic mass is 10.0. The Hall–Kier alpha value is -3.89. The van der Waals surface area contributed by atoms with Crippen LogP contribution in [-0.4, -0.2) is 18.9 Å². The number of halogens is 1. The van der Waals surface area contributed by atoms with Gasteiger partial charge in [0.05, 0.1) is 17.8 Å². The van der Waals surface area contributed by atoms with E-state index in [0.717, 1.165) is 16.3 Å². The first kappa shape index (κ1) is 20.0. The fraction of sp³-hybridized carbons (Fsp3) is 0.0370. The third kappa shape index (κ3) is 3.55. The number of hydrogen-bond donors (Lipinski definition) is 0. The molecule has 4 aromatic rings. The molecule has 0 aromatic heterocycles. The van der Waals surface area contributed by atoms with Gasteiger partial charge in [0.15, 0.2) is 0 Å². The summed E-state index contributed by atoms with van der Waals surface area (Å²) in [5.41, 5.74) is 2.67. The number of carbonyl (C=O) groups excluding carboxylic acids is 1. The van der Waals surface area contributed by atoms with E-state index >= 15 is 0 Å². The summed E-state index contributed by atoms with van der Waals surface area (Å²) >= 11 is 6.48. The van der Waals surface area contributed by atoms with Crippen molar-refractivity contribution in [3.8, 4) is 5.75 Å². The van der Waals surface area contributed by atoms with Gasteiger partial charge in [-0.05, 0) is 58.8 Å². The second-order valence-corrected chi connectivity index (χ2v) is 7.76. The van der Waals surface area contributed by atoms with Crippen LogP contribution < -0.4 is 9.64 Å². The quantitative estimate of drug-likeness (QED) is 0.349. The minimum absolute atomic E-state index is 0.210. The minimum atomic E-state index is -0.210. The maximum atomic E-state index is 13.6. The second-order valence-electron chi connectivity index (χ2n) is 7.35. The van der Waals surface area contributed by atoms with Crippen molar-refractivity contribution in [2.75, 3.05) is 12.0 Å². The molecule has 4 aromatic carbocycles.